The van der Waals surface area contributed by atoms with Gasteiger partial charge in [-0.1, -0.05) is 54.5 Å². The van der Waals surface area contributed by atoms with Gasteiger partial charge >= 0.3 is 5.91 Å². The molecular weight excluding hydrogens is 396 g/mol. The molecule has 2 N–H and O–H groups in total. The molecule has 4 aromatic rings. The summed E-state index contributed by atoms with van der Waals surface area (Å²) < 4.78 is 0. The zero-order valence-corrected chi connectivity index (χ0v) is 17.6. The molecule has 156 valence electrons. The van der Waals surface area contributed by atoms with Crippen molar-refractivity contribution in [2.75, 3.05) is 10.6 Å². The summed E-state index contributed by atoms with van der Waals surface area (Å²) in [5.74, 6) is 5.06. The average molecular weight is 419 g/mol. The van der Waals surface area contributed by atoms with Gasteiger partial charge in [0, 0.05) is 47.2 Å². The maximum atomic E-state index is 12.2. The van der Waals surface area contributed by atoms with Crippen LogP contribution < -0.4 is 10.6 Å². The van der Waals surface area contributed by atoms with Crippen molar-refractivity contribution in [2.45, 2.75) is 13.0 Å². The summed E-state index contributed by atoms with van der Waals surface area (Å²) in [5.41, 5.74) is 5.21. The molecule has 0 radical (unpaired) electrons. The third-order valence-electron chi connectivity index (χ3n) is 4.84. The molecule has 0 aliphatic rings. The summed E-state index contributed by atoms with van der Waals surface area (Å²) in [6.45, 7) is 2.11. The van der Waals surface area contributed by atoms with Crippen molar-refractivity contribution >= 4 is 17.3 Å². The summed E-state index contributed by atoms with van der Waals surface area (Å²) in [4.78, 5) is 20.8. The number of anilines is 2. The number of carbonyl (C=O) groups is 1. The molecular formula is C27H22N4O. The van der Waals surface area contributed by atoms with E-state index in [1.165, 1.54) is 5.56 Å². The fraction of sp³-hybridized carbons (Fsp3) is 0.0741. The molecule has 0 spiro atoms. The van der Waals surface area contributed by atoms with E-state index in [1.54, 1.807) is 24.8 Å². The molecule has 2 aromatic heterocycles. The number of hydrogen-bond donors (Lipinski definition) is 2. The van der Waals surface area contributed by atoms with Crippen LogP contribution in [0.1, 0.15) is 24.1 Å². The molecule has 1 atom stereocenters. The van der Waals surface area contributed by atoms with Gasteiger partial charge in [0.15, 0.2) is 0 Å². The van der Waals surface area contributed by atoms with E-state index in [0.717, 1.165) is 22.4 Å². The lowest BCUT2D eigenvalue weighted by atomic mass is 10.1. The highest BCUT2D eigenvalue weighted by molar-refractivity contribution is 6.04. The molecule has 32 heavy (non-hydrogen) atoms. The van der Waals surface area contributed by atoms with Crippen molar-refractivity contribution < 1.29 is 4.79 Å². The first-order valence-corrected chi connectivity index (χ1v) is 10.3. The van der Waals surface area contributed by atoms with Gasteiger partial charge < -0.3 is 10.6 Å². The Hall–Kier alpha value is -4.43. The number of benzene rings is 2. The lowest BCUT2D eigenvalue weighted by Crippen LogP contribution is -2.09. The van der Waals surface area contributed by atoms with Gasteiger partial charge in [-0.3, -0.25) is 14.8 Å². The maximum absolute atomic E-state index is 12.2. The zero-order chi connectivity index (χ0) is 22.2. The van der Waals surface area contributed by atoms with Crippen LogP contribution >= 0.6 is 0 Å². The van der Waals surface area contributed by atoms with Crippen LogP contribution in [0.2, 0.25) is 0 Å². The second kappa shape index (κ2) is 10.1. The fourth-order valence-corrected chi connectivity index (χ4v) is 3.23. The number of carbonyl (C=O) groups excluding carboxylic acids is 1. The van der Waals surface area contributed by atoms with Crippen LogP contribution in [0.25, 0.3) is 11.1 Å². The topological polar surface area (TPSA) is 66.9 Å². The van der Waals surface area contributed by atoms with Crippen molar-refractivity contribution in [1.29, 1.82) is 0 Å². The first-order chi connectivity index (χ1) is 15.7. The van der Waals surface area contributed by atoms with Gasteiger partial charge in [-0.15, -0.1) is 0 Å². The number of pyridine rings is 2. The van der Waals surface area contributed by atoms with Crippen molar-refractivity contribution in [1.82, 2.24) is 9.97 Å². The molecule has 0 saturated heterocycles. The highest BCUT2D eigenvalue weighted by atomic mass is 16.1. The van der Waals surface area contributed by atoms with Gasteiger partial charge in [-0.2, -0.15) is 0 Å². The number of hydrogen-bond acceptors (Lipinski definition) is 4. The predicted octanol–water partition coefficient (Wildman–Crippen LogP) is 5.31. The van der Waals surface area contributed by atoms with Crippen LogP contribution in [0.15, 0.2) is 97.6 Å². The maximum Gasteiger partial charge on any atom is 0.300 e. The summed E-state index contributed by atoms with van der Waals surface area (Å²) in [7, 11) is 0. The average Bonchev–Trinajstić information content (AvgIpc) is 2.84. The van der Waals surface area contributed by atoms with Crippen LogP contribution in [-0.2, 0) is 4.79 Å². The minimum Gasteiger partial charge on any atom is -0.377 e. The Morgan fingerprint density at radius 1 is 0.812 bits per heavy atom. The number of nitrogens with one attached hydrogen (secondary N) is 2. The van der Waals surface area contributed by atoms with E-state index in [1.807, 2.05) is 60.7 Å². The Bertz CT molecular complexity index is 1260. The minimum atomic E-state index is -0.391. The van der Waals surface area contributed by atoms with Crippen molar-refractivity contribution in [3.05, 3.63) is 109 Å². The van der Waals surface area contributed by atoms with Crippen molar-refractivity contribution in [2.24, 2.45) is 0 Å². The van der Waals surface area contributed by atoms with Crippen molar-refractivity contribution in [3.8, 4) is 23.0 Å². The van der Waals surface area contributed by atoms with Gasteiger partial charge in [-0.05, 0) is 36.8 Å². The molecule has 0 fully saturated rings. The van der Waals surface area contributed by atoms with Crippen molar-refractivity contribution in [3.63, 3.8) is 0 Å². The second-order valence-corrected chi connectivity index (χ2v) is 7.27. The van der Waals surface area contributed by atoms with Crippen LogP contribution in [-0.4, -0.2) is 15.9 Å². The Morgan fingerprint density at radius 3 is 2.09 bits per heavy atom. The lowest BCUT2D eigenvalue weighted by Gasteiger charge is -2.16. The van der Waals surface area contributed by atoms with Gasteiger partial charge in [-0.25, -0.2) is 0 Å². The third kappa shape index (κ3) is 5.59. The summed E-state index contributed by atoms with van der Waals surface area (Å²) >= 11 is 0. The molecule has 5 heteroatoms. The quantitative estimate of drug-likeness (QED) is 0.431. The highest BCUT2D eigenvalue weighted by Gasteiger charge is 2.08. The Labute approximate surface area is 187 Å². The Balaban J connectivity index is 1.47. The molecule has 2 heterocycles. The minimum absolute atomic E-state index is 0.139. The molecule has 0 saturated carbocycles. The van der Waals surface area contributed by atoms with Crippen LogP contribution in [0.5, 0.6) is 0 Å². The molecule has 2 aromatic carbocycles. The van der Waals surface area contributed by atoms with E-state index in [4.69, 9.17) is 0 Å². The lowest BCUT2D eigenvalue weighted by molar-refractivity contribution is -0.111. The zero-order valence-electron chi connectivity index (χ0n) is 17.6. The monoisotopic (exact) mass is 418 g/mol. The number of rotatable bonds is 5. The molecule has 0 aliphatic carbocycles. The molecule has 0 unspecified atom stereocenters. The van der Waals surface area contributed by atoms with E-state index < -0.39 is 5.91 Å². The SMILES string of the molecule is C[C@H](Nc1cncc(-c2cncc(NC(=O)C#Cc3ccccc3)c2)c1)c1ccccc1. The highest BCUT2D eigenvalue weighted by Crippen LogP contribution is 2.25. The van der Waals surface area contributed by atoms with Gasteiger partial charge in [0.2, 0.25) is 0 Å². The van der Waals surface area contributed by atoms with E-state index in [2.05, 4.69) is 51.5 Å². The first-order valence-electron chi connectivity index (χ1n) is 10.3. The van der Waals surface area contributed by atoms with Crippen LogP contribution in [0, 0.1) is 11.8 Å². The van der Waals surface area contributed by atoms with Crippen LogP contribution in [0.4, 0.5) is 11.4 Å². The number of amides is 1. The second-order valence-electron chi connectivity index (χ2n) is 7.27. The Kier molecular flexibility index (Phi) is 6.54. The van der Waals surface area contributed by atoms with Gasteiger partial charge in [0.1, 0.15) is 0 Å². The molecule has 0 bridgehead atoms. The predicted molar refractivity (Wildman–Crippen MR) is 128 cm³/mol. The van der Waals surface area contributed by atoms with E-state index in [-0.39, 0.29) is 6.04 Å². The standard InChI is InChI=1S/C27H22N4O/c1-20(22-10-6-3-7-11-22)30-25-14-23(16-28-18-25)24-15-26(19-29-17-24)31-27(32)13-12-21-8-4-2-5-9-21/h2-11,14-20,30H,1H3,(H,31,32)/t20-/m0/s1. The fourth-order valence-electron chi connectivity index (χ4n) is 3.23. The van der Waals surface area contributed by atoms with Gasteiger partial charge in [0.05, 0.1) is 17.6 Å². The Morgan fingerprint density at radius 2 is 1.41 bits per heavy atom. The largest absolute Gasteiger partial charge is 0.377 e. The summed E-state index contributed by atoms with van der Waals surface area (Å²) in [6, 6.07) is 23.6. The normalized spacial score (nSPS) is 11.0. The third-order valence-corrected chi connectivity index (χ3v) is 4.84. The number of nitrogens with zero attached hydrogens (tertiary/aromatic N) is 2. The molecule has 1 amide bonds. The smallest absolute Gasteiger partial charge is 0.300 e. The molecule has 4 rings (SSSR count). The summed E-state index contributed by atoms with van der Waals surface area (Å²) in [6.07, 6.45) is 6.91. The van der Waals surface area contributed by atoms with E-state index in [0.29, 0.717) is 5.69 Å². The first kappa shape index (κ1) is 20.8. The summed E-state index contributed by atoms with van der Waals surface area (Å²) in [5, 5.41) is 6.26. The van der Waals surface area contributed by atoms with E-state index in [9.17, 15) is 4.79 Å². The van der Waals surface area contributed by atoms with Crippen LogP contribution in [0.3, 0.4) is 0 Å². The number of aromatic nitrogens is 2. The van der Waals surface area contributed by atoms with E-state index >= 15 is 0 Å². The van der Waals surface area contributed by atoms with Gasteiger partial charge in [0.25, 0.3) is 0 Å². The molecule has 0 aliphatic heterocycles. The molecule has 5 nitrogen and oxygen atoms in total.